The molecule has 0 radical (unpaired) electrons. The average molecular weight is 209 g/mol. The number of methoxy groups -OCH3 is 1. The molecule has 0 spiro atoms. The van der Waals surface area contributed by atoms with E-state index in [4.69, 9.17) is 4.74 Å². The summed E-state index contributed by atoms with van der Waals surface area (Å²) in [7, 11) is 1.71. The number of rotatable bonds is 5. The van der Waals surface area contributed by atoms with Gasteiger partial charge in [-0.3, -0.25) is 0 Å². The topological polar surface area (TPSA) is 39.1 Å². The first-order valence-electron chi connectivity index (χ1n) is 5.50. The molecule has 1 fully saturated rings. The standard InChI is InChI=1S/C11H19N3O/c1-8-6-10(8)14-7-9(2)13-11(14)12-4-5-15-3/h7-8,10H,4-6H2,1-3H3,(H,12,13). The van der Waals surface area contributed by atoms with Gasteiger partial charge in [0.15, 0.2) is 0 Å². The molecule has 1 heterocycles. The van der Waals surface area contributed by atoms with Crippen molar-refractivity contribution < 1.29 is 4.74 Å². The van der Waals surface area contributed by atoms with Crippen molar-refractivity contribution in [2.75, 3.05) is 25.6 Å². The van der Waals surface area contributed by atoms with Crippen LogP contribution in [-0.2, 0) is 4.74 Å². The number of nitrogens with one attached hydrogen (secondary N) is 1. The molecule has 1 N–H and O–H groups in total. The molecule has 1 aliphatic carbocycles. The third-order valence-corrected chi connectivity index (χ3v) is 2.87. The molecule has 0 amide bonds. The summed E-state index contributed by atoms with van der Waals surface area (Å²) in [5.74, 6) is 1.78. The Morgan fingerprint density at radius 2 is 2.40 bits per heavy atom. The number of aromatic nitrogens is 2. The third-order valence-electron chi connectivity index (χ3n) is 2.87. The van der Waals surface area contributed by atoms with E-state index in [2.05, 4.69) is 28.0 Å². The number of aryl methyl sites for hydroxylation is 1. The lowest BCUT2D eigenvalue weighted by Crippen LogP contribution is -2.12. The number of nitrogens with zero attached hydrogens (tertiary/aromatic N) is 2. The molecule has 0 bridgehead atoms. The number of hydrogen-bond donors (Lipinski definition) is 1. The summed E-state index contributed by atoms with van der Waals surface area (Å²) in [4.78, 5) is 4.47. The summed E-state index contributed by atoms with van der Waals surface area (Å²) < 4.78 is 7.27. The van der Waals surface area contributed by atoms with Crippen LogP contribution < -0.4 is 5.32 Å². The largest absolute Gasteiger partial charge is 0.383 e. The Morgan fingerprint density at radius 3 is 3.00 bits per heavy atom. The Kier molecular flexibility index (Phi) is 2.95. The minimum atomic E-state index is 0.649. The fourth-order valence-corrected chi connectivity index (χ4v) is 1.85. The Balaban J connectivity index is 2.02. The Morgan fingerprint density at radius 1 is 1.67 bits per heavy atom. The number of imidazole rings is 1. The molecular formula is C11H19N3O. The van der Waals surface area contributed by atoms with E-state index >= 15 is 0 Å². The lowest BCUT2D eigenvalue weighted by atomic mass is 10.5. The Bertz CT molecular complexity index is 335. The van der Waals surface area contributed by atoms with Gasteiger partial charge in [0.25, 0.3) is 0 Å². The average Bonchev–Trinajstić information content (AvgIpc) is 2.79. The maximum Gasteiger partial charge on any atom is 0.203 e. The molecule has 1 aromatic heterocycles. The zero-order chi connectivity index (χ0) is 10.8. The van der Waals surface area contributed by atoms with Crippen LogP contribution in [0, 0.1) is 12.8 Å². The summed E-state index contributed by atoms with van der Waals surface area (Å²) in [5.41, 5.74) is 1.08. The molecule has 1 saturated carbocycles. The minimum absolute atomic E-state index is 0.649. The van der Waals surface area contributed by atoms with Gasteiger partial charge >= 0.3 is 0 Å². The van der Waals surface area contributed by atoms with Gasteiger partial charge in [-0.2, -0.15) is 0 Å². The summed E-state index contributed by atoms with van der Waals surface area (Å²) >= 11 is 0. The van der Waals surface area contributed by atoms with Crippen molar-refractivity contribution in [2.45, 2.75) is 26.3 Å². The van der Waals surface area contributed by atoms with Gasteiger partial charge in [-0.1, -0.05) is 6.92 Å². The highest BCUT2D eigenvalue weighted by Gasteiger charge is 2.35. The highest BCUT2D eigenvalue weighted by molar-refractivity contribution is 5.30. The predicted octanol–water partition coefficient (Wildman–Crippen LogP) is 1.83. The lowest BCUT2D eigenvalue weighted by molar-refractivity contribution is 0.210. The Hall–Kier alpha value is -1.03. The van der Waals surface area contributed by atoms with Crippen LogP contribution in [0.4, 0.5) is 5.95 Å². The molecule has 0 aliphatic heterocycles. The molecule has 4 nitrogen and oxygen atoms in total. The molecule has 1 aromatic rings. The van der Waals surface area contributed by atoms with Crippen molar-refractivity contribution in [2.24, 2.45) is 5.92 Å². The first-order valence-corrected chi connectivity index (χ1v) is 5.50. The summed E-state index contributed by atoms with van der Waals surface area (Å²) in [6.45, 7) is 5.84. The maximum atomic E-state index is 5.01. The first-order chi connectivity index (χ1) is 7.22. The number of hydrogen-bond acceptors (Lipinski definition) is 3. The molecular weight excluding hydrogens is 190 g/mol. The summed E-state index contributed by atoms with van der Waals surface area (Å²) in [6, 6.07) is 0.649. The number of anilines is 1. The second-order valence-electron chi connectivity index (χ2n) is 4.31. The summed E-state index contributed by atoms with van der Waals surface area (Å²) in [5, 5.41) is 3.30. The second-order valence-corrected chi connectivity index (χ2v) is 4.31. The molecule has 2 unspecified atom stereocenters. The molecule has 0 saturated heterocycles. The van der Waals surface area contributed by atoms with E-state index in [0.29, 0.717) is 12.6 Å². The quantitative estimate of drug-likeness (QED) is 0.752. The van der Waals surface area contributed by atoms with Crippen LogP contribution in [0.2, 0.25) is 0 Å². The van der Waals surface area contributed by atoms with Gasteiger partial charge in [-0.25, -0.2) is 4.98 Å². The minimum Gasteiger partial charge on any atom is -0.383 e. The van der Waals surface area contributed by atoms with Gasteiger partial charge in [0.1, 0.15) is 0 Å². The van der Waals surface area contributed by atoms with Crippen LogP contribution in [0.3, 0.4) is 0 Å². The van der Waals surface area contributed by atoms with Crippen LogP contribution in [-0.4, -0.2) is 29.8 Å². The zero-order valence-corrected chi connectivity index (χ0v) is 9.66. The van der Waals surface area contributed by atoms with Crippen LogP contribution >= 0.6 is 0 Å². The van der Waals surface area contributed by atoms with Crippen LogP contribution in [0.5, 0.6) is 0 Å². The van der Waals surface area contributed by atoms with E-state index in [1.54, 1.807) is 7.11 Å². The monoisotopic (exact) mass is 209 g/mol. The van der Waals surface area contributed by atoms with E-state index in [9.17, 15) is 0 Å². The molecule has 0 aromatic carbocycles. The second kappa shape index (κ2) is 4.23. The van der Waals surface area contributed by atoms with Crippen molar-refractivity contribution in [1.29, 1.82) is 0 Å². The van der Waals surface area contributed by atoms with Crippen molar-refractivity contribution in [3.63, 3.8) is 0 Å². The van der Waals surface area contributed by atoms with Gasteiger partial charge in [0, 0.05) is 25.9 Å². The van der Waals surface area contributed by atoms with E-state index in [0.717, 1.165) is 24.1 Å². The van der Waals surface area contributed by atoms with Crippen LogP contribution in [0.1, 0.15) is 25.1 Å². The van der Waals surface area contributed by atoms with Gasteiger partial charge in [-0.05, 0) is 19.3 Å². The fourth-order valence-electron chi connectivity index (χ4n) is 1.85. The van der Waals surface area contributed by atoms with E-state index in [1.165, 1.54) is 6.42 Å². The maximum absolute atomic E-state index is 5.01. The van der Waals surface area contributed by atoms with Crippen molar-refractivity contribution >= 4 is 5.95 Å². The molecule has 1 aliphatic rings. The van der Waals surface area contributed by atoms with Gasteiger partial charge in [0.05, 0.1) is 12.3 Å². The highest BCUT2D eigenvalue weighted by Crippen LogP contribution is 2.44. The first kappa shape index (κ1) is 10.5. The zero-order valence-electron chi connectivity index (χ0n) is 9.66. The summed E-state index contributed by atoms with van der Waals surface area (Å²) in [6.07, 6.45) is 3.40. The lowest BCUT2D eigenvalue weighted by Gasteiger charge is -2.08. The van der Waals surface area contributed by atoms with Crippen molar-refractivity contribution in [1.82, 2.24) is 9.55 Å². The van der Waals surface area contributed by atoms with Crippen molar-refractivity contribution in [3.8, 4) is 0 Å². The van der Waals surface area contributed by atoms with Gasteiger partial charge in [-0.15, -0.1) is 0 Å². The molecule has 84 valence electrons. The third kappa shape index (κ3) is 2.31. The van der Waals surface area contributed by atoms with Crippen LogP contribution in [0.15, 0.2) is 6.20 Å². The molecule has 15 heavy (non-hydrogen) atoms. The molecule has 4 heteroatoms. The smallest absolute Gasteiger partial charge is 0.203 e. The van der Waals surface area contributed by atoms with E-state index in [-0.39, 0.29) is 0 Å². The van der Waals surface area contributed by atoms with E-state index < -0.39 is 0 Å². The SMILES string of the molecule is COCCNc1nc(C)cn1C1CC1C. The molecule has 2 atom stereocenters. The predicted molar refractivity (Wildman–Crippen MR) is 60.1 cm³/mol. The number of ether oxygens (including phenoxy) is 1. The Labute approximate surface area is 90.6 Å². The van der Waals surface area contributed by atoms with Crippen molar-refractivity contribution in [3.05, 3.63) is 11.9 Å². The van der Waals surface area contributed by atoms with Gasteiger partial charge < -0.3 is 14.6 Å². The highest BCUT2D eigenvalue weighted by atomic mass is 16.5. The fraction of sp³-hybridized carbons (Fsp3) is 0.727. The molecule has 2 rings (SSSR count). The van der Waals surface area contributed by atoms with Crippen LogP contribution in [0.25, 0.3) is 0 Å². The van der Waals surface area contributed by atoms with Gasteiger partial charge in [0.2, 0.25) is 5.95 Å². The normalized spacial score (nSPS) is 24.2. The van der Waals surface area contributed by atoms with E-state index in [1.807, 2.05) is 6.92 Å².